The minimum absolute atomic E-state index is 0.0481. The molecule has 1 N–H and O–H groups in total. The lowest BCUT2D eigenvalue weighted by molar-refractivity contribution is 0.246. The molecule has 2 amide bonds. The van der Waals surface area contributed by atoms with Crippen LogP contribution in [-0.2, 0) is 7.05 Å². The molecule has 2 aromatic rings. The number of rotatable bonds is 3. The van der Waals surface area contributed by atoms with Gasteiger partial charge in [-0.15, -0.1) is 11.8 Å². The predicted octanol–water partition coefficient (Wildman–Crippen LogP) is 3.16. The molecule has 0 bridgehead atoms. The van der Waals surface area contributed by atoms with E-state index in [1.54, 1.807) is 11.6 Å². The van der Waals surface area contributed by atoms with Crippen molar-refractivity contribution >= 4 is 30.0 Å². The molecule has 25 heavy (non-hydrogen) atoms. The number of carbonyl (C=O) groups is 1. The molecule has 0 aliphatic carbocycles. The number of para-hydroxylation sites is 1. The maximum Gasteiger partial charge on any atom is 0.343 e. The largest absolute Gasteiger partial charge is 0.343 e. The van der Waals surface area contributed by atoms with Gasteiger partial charge in [-0.2, -0.15) is 10.3 Å². The summed E-state index contributed by atoms with van der Waals surface area (Å²) in [6.07, 6.45) is 1.86. The Morgan fingerprint density at radius 3 is 2.52 bits per heavy atom. The number of aromatic nitrogens is 2. The van der Waals surface area contributed by atoms with Gasteiger partial charge in [-0.3, -0.25) is 4.57 Å². The van der Waals surface area contributed by atoms with Gasteiger partial charge < -0.3 is 9.88 Å². The van der Waals surface area contributed by atoms with Crippen LogP contribution in [0.25, 0.3) is 5.69 Å². The van der Waals surface area contributed by atoms with Crippen LogP contribution < -0.4 is 10.8 Å². The first-order valence-electron chi connectivity index (χ1n) is 7.61. The summed E-state index contributed by atoms with van der Waals surface area (Å²) in [5.41, 5.74) is 1.41. The summed E-state index contributed by atoms with van der Waals surface area (Å²) in [4.78, 5) is 16.1. The fraction of sp³-hybridized carbons (Fsp3) is 0.294. The number of benzene rings is 1. The zero-order chi connectivity index (χ0) is 18.6. The highest BCUT2D eigenvalue weighted by molar-refractivity contribution is 7.98. The monoisotopic (exact) mass is 373 g/mol. The van der Waals surface area contributed by atoms with Crippen molar-refractivity contribution in [3.8, 4) is 11.8 Å². The Hall–Kier alpha value is -2.37. The Kier molecular flexibility index (Phi) is 6.17. The van der Waals surface area contributed by atoms with Crippen LogP contribution in [0.2, 0.25) is 0 Å². The minimum atomic E-state index is -0.499. The number of carbonyl (C=O) groups excluding carboxylic acids is 1. The minimum Gasteiger partial charge on any atom is -0.334 e. The van der Waals surface area contributed by atoms with E-state index in [4.69, 9.17) is 12.2 Å². The second-order valence-electron chi connectivity index (χ2n) is 5.55. The van der Waals surface area contributed by atoms with E-state index in [-0.39, 0.29) is 11.5 Å². The molecule has 1 aromatic carbocycles. The quantitative estimate of drug-likeness (QED) is 0.509. The van der Waals surface area contributed by atoms with Gasteiger partial charge in [0.15, 0.2) is 10.3 Å². The third-order valence-electron chi connectivity index (χ3n) is 3.38. The molecule has 0 spiro atoms. The molecule has 0 saturated heterocycles. The molecule has 1 aromatic heterocycles. The number of nitriles is 1. The van der Waals surface area contributed by atoms with E-state index in [9.17, 15) is 10.1 Å². The van der Waals surface area contributed by atoms with Gasteiger partial charge in [0.25, 0.3) is 0 Å². The van der Waals surface area contributed by atoms with Gasteiger partial charge >= 0.3 is 6.03 Å². The van der Waals surface area contributed by atoms with Crippen molar-refractivity contribution in [2.24, 2.45) is 12.0 Å². The normalized spacial score (nSPS) is 11.4. The van der Waals surface area contributed by atoms with Gasteiger partial charge in [0.1, 0.15) is 16.7 Å². The summed E-state index contributed by atoms with van der Waals surface area (Å²) >= 11 is 6.96. The van der Waals surface area contributed by atoms with Crippen LogP contribution in [0.15, 0.2) is 40.4 Å². The van der Waals surface area contributed by atoms with E-state index >= 15 is 0 Å². The molecule has 8 heteroatoms. The van der Waals surface area contributed by atoms with Crippen LogP contribution in [0.4, 0.5) is 4.79 Å². The average molecular weight is 374 g/mol. The summed E-state index contributed by atoms with van der Waals surface area (Å²) in [5.74, 6) is 0. The topological polar surface area (TPSA) is 75.1 Å². The van der Waals surface area contributed by atoms with Crippen molar-refractivity contribution in [3.05, 3.63) is 46.2 Å². The molecule has 0 atom stereocenters. The molecule has 0 saturated carbocycles. The molecule has 2 rings (SSSR count). The average Bonchev–Trinajstić information content (AvgIpc) is 2.58. The molecule has 0 unspecified atom stereocenters. The second-order valence-corrected chi connectivity index (χ2v) is 6.71. The Balaban J connectivity index is 2.85. The molecular formula is C17H19N5OS2. The van der Waals surface area contributed by atoms with Gasteiger partial charge in [0.05, 0.1) is 0 Å². The Morgan fingerprint density at radius 1 is 1.36 bits per heavy atom. The van der Waals surface area contributed by atoms with E-state index < -0.39 is 6.03 Å². The summed E-state index contributed by atoms with van der Waals surface area (Å²) in [5, 5.41) is 13.0. The van der Waals surface area contributed by atoms with Crippen LogP contribution in [0.5, 0.6) is 0 Å². The maximum atomic E-state index is 12.1. The highest BCUT2D eigenvalue weighted by Crippen LogP contribution is 2.22. The molecular weight excluding hydrogens is 354 g/mol. The predicted molar refractivity (Wildman–Crippen MR) is 101 cm³/mol. The number of nitrogens with one attached hydrogen (secondary N) is 1. The summed E-state index contributed by atoms with van der Waals surface area (Å²) in [7, 11) is 1.70. The number of amides is 2. The van der Waals surface area contributed by atoms with Crippen LogP contribution in [-0.4, -0.2) is 27.5 Å². The van der Waals surface area contributed by atoms with Gasteiger partial charge in [0, 0.05) is 18.8 Å². The molecule has 0 aliphatic heterocycles. The smallest absolute Gasteiger partial charge is 0.334 e. The summed E-state index contributed by atoms with van der Waals surface area (Å²) in [6, 6.07) is 11.2. The lowest BCUT2D eigenvalue weighted by Crippen LogP contribution is -2.33. The van der Waals surface area contributed by atoms with E-state index in [0.717, 1.165) is 5.69 Å². The maximum absolute atomic E-state index is 12.1. The lowest BCUT2D eigenvalue weighted by atomic mass is 10.3. The number of urea groups is 1. The summed E-state index contributed by atoms with van der Waals surface area (Å²) in [6.45, 7) is 3.69. The molecule has 130 valence electrons. The first-order chi connectivity index (χ1) is 11.9. The standard InChI is InChI=1S/C17H19N5OS2/c1-11(2)19-16(23)20-14-13(10-18)15(25-4)22(17(24)21(14)3)12-8-6-5-7-9-12/h5-9,11H,1-4H3,(H,19,23). The Labute approximate surface area is 155 Å². The lowest BCUT2D eigenvalue weighted by Gasteiger charge is -2.17. The molecule has 0 aliphatic rings. The Bertz CT molecular complexity index is 952. The van der Waals surface area contributed by atoms with E-state index in [0.29, 0.717) is 15.4 Å². The summed E-state index contributed by atoms with van der Waals surface area (Å²) < 4.78 is 3.85. The number of hydrogen-bond donors (Lipinski definition) is 1. The number of nitrogens with zero attached hydrogens (tertiary/aromatic N) is 4. The molecule has 1 heterocycles. The molecule has 0 radical (unpaired) electrons. The van der Waals surface area contributed by atoms with E-state index in [1.807, 2.05) is 55.0 Å². The van der Waals surface area contributed by atoms with Crippen LogP contribution in [0, 0.1) is 16.1 Å². The van der Waals surface area contributed by atoms with Gasteiger partial charge in [0.2, 0.25) is 0 Å². The zero-order valence-electron chi connectivity index (χ0n) is 14.5. The van der Waals surface area contributed by atoms with E-state index in [1.165, 1.54) is 11.8 Å². The van der Waals surface area contributed by atoms with E-state index in [2.05, 4.69) is 16.4 Å². The van der Waals surface area contributed by atoms with Crippen molar-refractivity contribution in [1.82, 2.24) is 14.5 Å². The zero-order valence-corrected chi connectivity index (χ0v) is 16.1. The van der Waals surface area contributed by atoms with Crippen LogP contribution >= 0.6 is 24.0 Å². The third kappa shape index (κ3) is 4.00. The van der Waals surface area contributed by atoms with Gasteiger partial charge in [-0.25, -0.2) is 4.79 Å². The fourth-order valence-electron chi connectivity index (χ4n) is 2.30. The fourth-order valence-corrected chi connectivity index (χ4v) is 3.36. The van der Waals surface area contributed by atoms with Crippen molar-refractivity contribution in [3.63, 3.8) is 0 Å². The second kappa shape index (κ2) is 8.14. The van der Waals surface area contributed by atoms with Crippen molar-refractivity contribution in [1.29, 1.82) is 5.26 Å². The van der Waals surface area contributed by atoms with Crippen LogP contribution in [0.3, 0.4) is 0 Å². The van der Waals surface area contributed by atoms with Gasteiger partial charge in [-0.05, 0) is 44.5 Å². The SMILES string of the molecule is CSc1c(C#N)c(=NC(=O)NC(C)C)n(C)c(=S)n1-c1ccccc1. The first kappa shape index (κ1) is 19.0. The third-order valence-corrected chi connectivity index (χ3v) is 4.61. The van der Waals surface area contributed by atoms with Gasteiger partial charge in [-0.1, -0.05) is 18.2 Å². The Morgan fingerprint density at radius 2 is 2.00 bits per heavy atom. The first-order valence-corrected chi connectivity index (χ1v) is 9.24. The van der Waals surface area contributed by atoms with Crippen molar-refractivity contribution in [2.75, 3.05) is 6.26 Å². The van der Waals surface area contributed by atoms with Crippen LogP contribution in [0.1, 0.15) is 19.4 Å². The highest BCUT2D eigenvalue weighted by Gasteiger charge is 2.16. The molecule has 0 fully saturated rings. The van der Waals surface area contributed by atoms with Crippen molar-refractivity contribution < 1.29 is 4.79 Å². The molecule has 6 nitrogen and oxygen atoms in total. The number of thioether (sulfide) groups is 1. The van der Waals surface area contributed by atoms with Crippen molar-refractivity contribution in [2.45, 2.75) is 24.9 Å². The highest BCUT2D eigenvalue weighted by atomic mass is 32.2. The number of hydrogen-bond acceptors (Lipinski definition) is 4.